The van der Waals surface area contributed by atoms with Gasteiger partial charge in [0.05, 0.1) is 33.2 Å². The minimum absolute atomic E-state index is 0.0948. The normalized spacial score (nSPS) is 22.2. The molecule has 1 amide bonds. The molecule has 0 N–H and O–H groups in total. The van der Waals surface area contributed by atoms with Gasteiger partial charge in [-0.1, -0.05) is 12.1 Å². The number of ether oxygens (including phenoxy) is 3. The van der Waals surface area contributed by atoms with Crippen molar-refractivity contribution in [3.05, 3.63) is 29.8 Å². The van der Waals surface area contributed by atoms with E-state index in [9.17, 15) is 4.79 Å². The van der Waals surface area contributed by atoms with Gasteiger partial charge in [0.2, 0.25) is 5.91 Å². The van der Waals surface area contributed by atoms with Crippen molar-refractivity contribution in [2.24, 2.45) is 5.92 Å². The summed E-state index contributed by atoms with van der Waals surface area (Å²) in [4.78, 5) is 14.3. The van der Waals surface area contributed by atoms with Crippen molar-refractivity contribution >= 4 is 5.91 Å². The van der Waals surface area contributed by atoms with Crippen LogP contribution in [0.2, 0.25) is 0 Å². The predicted octanol–water partition coefficient (Wildman–Crippen LogP) is 1.89. The van der Waals surface area contributed by atoms with Crippen molar-refractivity contribution < 1.29 is 19.0 Å². The fraction of sp³-hybridized carbons (Fsp3) is 0.611. The molecule has 2 fully saturated rings. The Morgan fingerprint density at radius 2 is 2.22 bits per heavy atom. The van der Waals surface area contributed by atoms with Crippen molar-refractivity contribution in [2.75, 3.05) is 40.5 Å². The van der Waals surface area contributed by atoms with Gasteiger partial charge in [-0.3, -0.25) is 4.79 Å². The molecule has 2 heterocycles. The third kappa shape index (κ3) is 3.67. The molecule has 5 heteroatoms. The molecular weight excluding hydrogens is 294 g/mol. The summed E-state index contributed by atoms with van der Waals surface area (Å²) in [5.41, 5.74) is 0.892. The van der Waals surface area contributed by atoms with E-state index in [1.54, 1.807) is 14.2 Å². The molecule has 1 aromatic rings. The van der Waals surface area contributed by atoms with E-state index in [0.29, 0.717) is 12.3 Å². The first kappa shape index (κ1) is 16.3. The Kier molecular flexibility index (Phi) is 4.87. The molecule has 3 rings (SSSR count). The second-order valence-electron chi connectivity index (χ2n) is 6.62. The van der Waals surface area contributed by atoms with Crippen LogP contribution in [0.5, 0.6) is 5.75 Å². The van der Waals surface area contributed by atoms with Crippen LogP contribution in [0.15, 0.2) is 24.3 Å². The molecule has 2 aliphatic rings. The highest BCUT2D eigenvalue weighted by atomic mass is 16.5. The van der Waals surface area contributed by atoms with E-state index in [1.165, 1.54) is 0 Å². The third-order valence-corrected chi connectivity index (χ3v) is 4.82. The first-order valence-corrected chi connectivity index (χ1v) is 8.18. The van der Waals surface area contributed by atoms with Gasteiger partial charge in [-0.2, -0.15) is 0 Å². The summed E-state index contributed by atoms with van der Waals surface area (Å²) in [5, 5.41) is 0. The topological polar surface area (TPSA) is 48.0 Å². The van der Waals surface area contributed by atoms with E-state index in [0.717, 1.165) is 50.5 Å². The van der Waals surface area contributed by atoms with E-state index in [4.69, 9.17) is 14.2 Å². The molecular formula is C18H25NO4. The Hall–Kier alpha value is -1.59. The summed E-state index contributed by atoms with van der Waals surface area (Å²) in [6, 6.07) is 7.68. The molecule has 0 aliphatic carbocycles. The highest BCUT2D eigenvalue weighted by Gasteiger charge is 2.50. The molecule has 1 unspecified atom stereocenters. The standard InChI is InChI=1S/C18H25NO4/c1-21-7-6-15-10-18(23-11-15)12-19(13-18)17(20)9-14-4-3-5-16(8-14)22-2/h3-5,8,15H,6-7,9-13H2,1-2H3. The summed E-state index contributed by atoms with van der Waals surface area (Å²) in [6.45, 7) is 3.02. The van der Waals surface area contributed by atoms with Crippen LogP contribution in [0.25, 0.3) is 0 Å². The SMILES string of the molecule is COCCC1COC2(C1)CN(C(=O)Cc1cccc(OC)c1)C2. The maximum Gasteiger partial charge on any atom is 0.227 e. The third-order valence-electron chi connectivity index (χ3n) is 4.82. The van der Waals surface area contributed by atoms with Gasteiger partial charge < -0.3 is 19.1 Å². The molecule has 1 spiro atoms. The van der Waals surface area contributed by atoms with Crippen LogP contribution in [0, 0.1) is 5.92 Å². The number of nitrogens with zero attached hydrogens (tertiary/aromatic N) is 1. The highest BCUT2D eigenvalue weighted by molar-refractivity contribution is 5.80. The lowest BCUT2D eigenvalue weighted by atomic mass is 9.85. The molecule has 126 valence electrons. The Morgan fingerprint density at radius 3 is 2.96 bits per heavy atom. The molecule has 5 nitrogen and oxygen atoms in total. The van der Waals surface area contributed by atoms with Crippen molar-refractivity contribution in [3.8, 4) is 5.75 Å². The minimum Gasteiger partial charge on any atom is -0.497 e. The Morgan fingerprint density at radius 1 is 1.39 bits per heavy atom. The second-order valence-corrected chi connectivity index (χ2v) is 6.62. The fourth-order valence-corrected chi connectivity index (χ4v) is 3.52. The van der Waals surface area contributed by atoms with Crippen LogP contribution in [0.1, 0.15) is 18.4 Å². The summed E-state index contributed by atoms with van der Waals surface area (Å²) in [6.07, 6.45) is 2.50. The lowest BCUT2D eigenvalue weighted by Crippen LogP contribution is -2.63. The van der Waals surface area contributed by atoms with Gasteiger partial charge >= 0.3 is 0 Å². The predicted molar refractivity (Wildman–Crippen MR) is 86.6 cm³/mol. The zero-order valence-electron chi connectivity index (χ0n) is 13.9. The summed E-state index contributed by atoms with van der Waals surface area (Å²) in [7, 11) is 3.37. The van der Waals surface area contributed by atoms with E-state index in [1.807, 2.05) is 29.2 Å². The zero-order valence-corrected chi connectivity index (χ0v) is 13.9. The van der Waals surface area contributed by atoms with Crippen molar-refractivity contribution in [3.63, 3.8) is 0 Å². The number of benzene rings is 1. The summed E-state index contributed by atoms with van der Waals surface area (Å²) < 4.78 is 16.3. The number of rotatable bonds is 6. The van der Waals surface area contributed by atoms with Crippen molar-refractivity contribution in [2.45, 2.75) is 24.9 Å². The Balaban J connectivity index is 1.48. The molecule has 1 aromatic carbocycles. The van der Waals surface area contributed by atoms with Gasteiger partial charge in [-0.05, 0) is 36.5 Å². The number of carbonyl (C=O) groups is 1. The molecule has 2 saturated heterocycles. The monoisotopic (exact) mass is 319 g/mol. The van der Waals surface area contributed by atoms with Gasteiger partial charge in [0.15, 0.2) is 0 Å². The van der Waals surface area contributed by atoms with Crippen molar-refractivity contribution in [1.29, 1.82) is 0 Å². The maximum atomic E-state index is 12.4. The highest BCUT2D eigenvalue weighted by Crippen LogP contribution is 2.39. The molecule has 1 atom stereocenters. The maximum absolute atomic E-state index is 12.4. The number of likely N-dealkylation sites (tertiary alicyclic amines) is 1. The lowest BCUT2D eigenvalue weighted by molar-refractivity contribution is -0.157. The summed E-state index contributed by atoms with van der Waals surface area (Å²) >= 11 is 0. The molecule has 0 bridgehead atoms. The van der Waals surface area contributed by atoms with Crippen LogP contribution in [0.3, 0.4) is 0 Å². The first-order valence-electron chi connectivity index (χ1n) is 8.18. The first-order chi connectivity index (χ1) is 11.1. The van der Waals surface area contributed by atoms with Gasteiger partial charge in [-0.15, -0.1) is 0 Å². The molecule has 0 radical (unpaired) electrons. The largest absolute Gasteiger partial charge is 0.497 e. The fourth-order valence-electron chi connectivity index (χ4n) is 3.52. The van der Waals surface area contributed by atoms with Crippen LogP contribution < -0.4 is 4.74 Å². The zero-order chi connectivity index (χ0) is 16.3. The van der Waals surface area contributed by atoms with Gasteiger partial charge in [0.25, 0.3) is 0 Å². The van der Waals surface area contributed by atoms with Crippen molar-refractivity contribution in [1.82, 2.24) is 4.90 Å². The summed E-state index contributed by atoms with van der Waals surface area (Å²) in [5.74, 6) is 1.51. The van der Waals surface area contributed by atoms with Gasteiger partial charge in [0, 0.05) is 13.7 Å². The Labute approximate surface area is 137 Å². The van der Waals surface area contributed by atoms with Gasteiger partial charge in [-0.25, -0.2) is 0 Å². The smallest absolute Gasteiger partial charge is 0.227 e. The molecule has 0 aromatic heterocycles. The van der Waals surface area contributed by atoms with Gasteiger partial charge in [0.1, 0.15) is 11.4 Å². The number of amides is 1. The van der Waals surface area contributed by atoms with Crippen LogP contribution in [-0.4, -0.2) is 56.9 Å². The van der Waals surface area contributed by atoms with Crippen LogP contribution in [0.4, 0.5) is 0 Å². The van der Waals surface area contributed by atoms with E-state index in [2.05, 4.69) is 0 Å². The Bertz CT molecular complexity index is 554. The lowest BCUT2D eigenvalue weighted by Gasteiger charge is -2.47. The number of carbonyl (C=O) groups excluding carboxylic acids is 1. The molecule has 23 heavy (non-hydrogen) atoms. The molecule has 0 saturated carbocycles. The number of methoxy groups -OCH3 is 2. The average Bonchev–Trinajstić information content (AvgIpc) is 2.96. The van der Waals surface area contributed by atoms with Crippen LogP contribution >= 0.6 is 0 Å². The van der Waals surface area contributed by atoms with E-state index in [-0.39, 0.29) is 11.5 Å². The molecule has 2 aliphatic heterocycles. The average molecular weight is 319 g/mol. The number of hydrogen-bond donors (Lipinski definition) is 0. The van der Waals surface area contributed by atoms with E-state index < -0.39 is 0 Å². The van der Waals surface area contributed by atoms with Crippen LogP contribution in [-0.2, 0) is 20.7 Å². The second kappa shape index (κ2) is 6.89. The van der Waals surface area contributed by atoms with E-state index >= 15 is 0 Å². The quantitative estimate of drug-likeness (QED) is 0.803. The minimum atomic E-state index is -0.0948. The number of hydrogen-bond acceptors (Lipinski definition) is 4.